The number of hydrogen-bond donors (Lipinski definition) is 3. The fourth-order valence-corrected chi connectivity index (χ4v) is 3.81. The Balaban J connectivity index is 1.79. The minimum atomic E-state index is -3.52. The molecule has 2 aliphatic rings. The van der Waals surface area contributed by atoms with E-state index in [1.165, 1.54) is 26.0 Å². The van der Waals surface area contributed by atoms with Crippen LogP contribution in [0.2, 0.25) is 0 Å². The van der Waals surface area contributed by atoms with Gasteiger partial charge in [-0.3, -0.25) is 4.90 Å². The van der Waals surface area contributed by atoms with Gasteiger partial charge in [0.15, 0.2) is 0 Å². The van der Waals surface area contributed by atoms with Gasteiger partial charge in [0.2, 0.25) is 10.0 Å². The number of anilines is 2. The summed E-state index contributed by atoms with van der Waals surface area (Å²) in [5.74, 6) is 0. The molecule has 21 heavy (non-hydrogen) atoms. The Bertz CT molecular complexity index is 628. The number of nitrogens with zero attached hydrogens (tertiary/aromatic N) is 1. The molecule has 6 nitrogen and oxygen atoms in total. The van der Waals surface area contributed by atoms with E-state index in [0.717, 1.165) is 25.6 Å². The van der Waals surface area contributed by atoms with Crippen molar-refractivity contribution < 1.29 is 8.42 Å². The van der Waals surface area contributed by atoms with Crippen LogP contribution >= 0.6 is 0 Å². The van der Waals surface area contributed by atoms with E-state index in [1.807, 2.05) is 0 Å². The van der Waals surface area contributed by atoms with Crippen LogP contribution in [0, 0.1) is 0 Å². The van der Waals surface area contributed by atoms with Gasteiger partial charge in [-0.1, -0.05) is 0 Å². The Morgan fingerprint density at radius 1 is 1.29 bits per heavy atom. The number of nitrogens with one attached hydrogen (secondary N) is 2. The molecule has 1 saturated heterocycles. The first-order valence-electron chi connectivity index (χ1n) is 7.33. The molecule has 0 amide bonds. The molecule has 0 aromatic heterocycles. The zero-order chi connectivity index (χ0) is 15.0. The normalized spacial score (nSPS) is 23.4. The third kappa shape index (κ3) is 3.14. The van der Waals surface area contributed by atoms with Crippen LogP contribution in [-0.4, -0.2) is 45.5 Å². The first-order valence-corrected chi connectivity index (χ1v) is 8.81. The van der Waals surface area contributed by atoms with Crippen molar-refractivity contribution in [2.45, 2.75) is 36.2 Å². The first-order chi connectivity index (χ1) is 9.99. The second kappa shape index (κ2) is 5.47. The molecule has 3 rings (SSSR count). The summed E-state index contributed by atoms with van der Waals surface area (Å²) in [6.07, 6.45) is 3.64. The highest BCUT2D eigenvalue weighted by Crippen LogP contribution is 2.31. The predicted molar refractivity (Wildman–Crippen MR) is 83.7 cm³/mol. The van der Waals surface area contributed by atoms with Gasteiger partial charge < -0.3 is 11.1 Å². The zero-order valence-electron chi connectivity index (χ0n) is 12.2. The van der Waals surface area contributed by atoms with E-state index in [0.29, 0.717) is 17.4 Å². The van der Waals surface area contributed by atoms with Crippen molar-refractivity contribution in [3.63, 3.8) is 0 Å². The summed E-state index contributed by atoms with van der Waals surface area (Å²) in [7, 11) is -2.11. The molecule has 1 aliphatic heterocycles. The SMILES string of the molecule is CNS(=O)(=O)c1cc(N)ccc1NC1CCN(C2CC2)C1. The largest absolute Gasteiger partial charge is 0.399 e. The second-order valence-corrected chi connectivity index (χ2v) is 7.67. The molecule has 1 aromatic rings. The molecule has 4 N–H and O–H groups in total. The highest BCUT2D eigenvalue weighted by atomic mass is 32.2. The smallest absolute Gasteiger partial charge is 0.242 e. The van der Waals surface area contributed by atoms with E-state index in [2.05, 4.69) is 14.9 Å². The van der Waals surface area contributed by atoms with Gasteiger partial charge in [0, 0.05) is 30.9 Å². The van der Waals surface area contributed by atoms with Crippen LogP contribution in [0.1, 0.15) is 19.3 Å². The summed E-state index contributed by atoms with van der Waals surface area (Å²) in [6, 6.07) is 6.02. The molecule has 1 aliphatic carbocycles. The van der Waals surface area contributed by atoms with Gasteiger partial charge in [0.1, 0.15) is 4.90 Å². The Labute approximate surface area is 125 Å². The van der Waals surface area contributed by atoms with Crippen molar-refractivity contribution in [3.8, 4) is 0 Å². The number of rotatable bonds is 5. The van der Waals surface area contributed by atoms with E-state index in [4.69, 9.17) is 5.73 Å². The van der Waals surface area contributed by atoms with Crippen LogP contribution in [0.25, 0.3) is 0 Å². The van der Waals surface area contributed by atoms with Gasteiger partial charge in [-0.15, -0.1) is 0 Å². The zero-order valence-corrected chi connectivity index (χ0v) is 13.0. The van der Waals surface area contributed by atoms with E-state index in [-0.39, 0.29) is 4.90 Å². The maximum Gasteiger partial charge on any atom is 0.242 e. The lowest BCUT2D eigenvalue weighted by Crippen LogP contribution is -2.29. The predicted octanol–water partition coefficient (Wildman–Crippen LogP) is 0.825. The molecule has 7 heteroatoms. The lowest BCUT2D eigenvalue weighted by molar-refractivity contribution is 0.326. The maximum absolute atomic E-state index is 12.1. The monoisotopic (exact) mass is 310 g/mol. The quantitative estimate of drug-likeness (QED) is 0.701. The number of benzene rings is 1. The molecular formula is C14H22N4O2S. The number of hydrogen-bond acceptors (Lipinski definition) is 5. The molecule has 2 fully saturated rings. The van der Waals surface area contributed by atoms with Gasteiger partial charge in [0.05, 0.1) is 5.69 Å². The lowest BCUT2D eigenvalue weighted by Gasteiger charge is -2.19. The fraction of sp³-hybridized carbons (Fsp3) is 0.571. The molecule has 1 heterocycles. The summed E-state index contributed by atoms with van der Waals surface area (Å²) in [4.78, 5) is 2.70. The molecule has 116 valence electrons. The standard InChI is InChI=1S/C14H22N4O2S/c1-16-21(19,20)14-8-10(15)2-5-13(14)17-11-6-7-18(9-11)12-3-4-12/h2,5,8,11-12,16-17H,3-4,6-7,9,15H2,1H3. The average molecular weight is 310 g/mol. The molecule has 0 radical (unpaired) electrons. The maximum atomic E-state index is 12.1. The summed E-state index contributed by atoms with van der Waals surface area (Å²) in [5, 5.41) is 3.37. The number of nitrogen functional groups attached to an aromatic ring is 1. The van der Waals surface area contributed by atoms with Crippen molar-refractivity contribution in [3.05, 3.63) is 18.2 Å². The van der Waals surface area contributed by atoms with Crippen molar-refractivity contribution in [2.24, 2.45) is 0 Å². The van der Waals surface area contributed by atoms with Crippen molar-refractivity contribution >= 4 is 21.4 Å². The average Bonchev–Trinajstić information content (AvgIpc) is 3.21. The van der Waals surface area contributed by atoms with Gasteiger partial charge in [-0.05, 0) is 44.5 Å². The van der Waals surface area contributed by atoms with Gasteiger partial charge >= 0.3 is 0 Å². The van der Waals surface area contributed by atoms with Crippen LogP contribution < -0.4 is 15.8 Å². The molecule has 0 bridgehead atoms. The van der Waals surface area contributed by atoms with Crippen LogP contribution in [0.5, 0.6) is 0 Å². The first kappa shape index (κ1) is 14.6. The third-order valence-electron chi connectivity index (χ3n) is 4.21. The van der Waals surface area contributed by atoms with Crippen molar-refractivity contribution in [2.75, 3.05) is 31.2 Å². The van der Waals surface area contributed by atoms with Crippen molar-refractivity contribution in [1.82, 2.24) is 9.62 Å². The topological polar surface area (TPSA) is 87.5 Å². The Kier molecular flexibility index (Phi) is 3.81. The minimum Gasteiger partial charge on any atom is -0.399 e. The summed E-state index contributed by atoms with van der Waals surface area (Å²) in [5.41, 5.74) is 6.80. The molecular weight excluding hydrogens is 288 g/mol. The second-order valence-electron chi connectivity index (χ2n) is 5.82. The molecule has 1 unspecified atom stereocenters. The van der Waals surface area contributed by atoms with E-state index < -0.39 is 10.0 Å². The number of nitrogens with two attached hydrogens (primary N) is 1. The number of sulfonamides is 1. The van der Waals surface area contributed by atoms with Gasteiger partial charge in [-0.25, -0.2) is 13.1 Å². The lowest BCUT2D eigenvalue weighted by atomic mass is 10.2. The Morgan fingerprint density at radius 2 is 2.05 bits per heavy atom. The van der Waals surface area contributed by atoms with Crippen molar-refractivity contribution in [1.29, 1.82) is 0 Å². The van der Waals surface area contributed by atoms with Crippen LogP contribution in [0.4, 0.5) is 11.4 Å². The van der Waals surface area contributed by atoms with Crippen LogP contribution in [-0.2, 0) is 10.0 Å². The van der Waals surface area contributed by atoms with Crippen LogP contribution in [0.3, 0.4) is 0 Å². The third-order valence-corrected chi connectivity index (χ3v) is 5.66. The van der Waals surface area contributed by atoms with E-state index in [1.54, 1.807) is 12.1 Å². The summed E-state index contributed by atoms with van der Waals surface area (Å²) >= 11 is 0. The van der Waals surface area contributed by atoms with E-state index in [9.17, 15) is 8.42 Å². The van der Waals surface area contributed by atoms with Crippen LogP contribution in [0.15, 0.2) is 23.1 Å². The highest BCUT2D eigenvalue weighted by molar-refractivity contribution is 7.89. The molecule has 1 aromatic carbocycles. The molecule has 0 spiro atoms. The summed E-state index contributed by atoms with van der Waals surface area (Å²) < 4.78 is 26.6. The Morgan fingerprint density at radius 3 is 2.71 bits per heavy atom. The van der Waals surface area contributed by atoms with E-state index >= 15 is 0 Å². The Hall–Kier alpha value is -1.31. The molecule has 1 atom stereocenters. The summed E-state index contributed by atoms with van der Waals surface area (Å²) in [6.45, 7) is 2.07. The molecule has 1 saturated carbocycles. The highest BCUT2D eigenvalue weighted by Gasteiger charge is 2.34. The van der Waals surface area contributed by atoms with Gasteiger partial charge in [-0.2, -0.15) is 0 Å². The fourth-order valence-electron chi connectivity index (χ4n) is 2.89. The van der Waals surface area contributed by atoms with Gasteiger partial charge in [0.25, 0.3) is 0 Å². The number of likely N-dealkylation sites (tertiary alicyclic amines) is 1. The minimum absolute atomic E-state index is 0.217.